The fraction of sp³-hybridized carbons (Fsp3) is 0.500. The van der Waals surface area contributed by atoms with Crippen LogP contribution in [0.5, 0.6) is 0 Å². The van der Waals surface area contributed by atoms with Crippen LogP contribution in [0.1, 0.15) is 21.8 Å². The molecule has 16 heavy (non-hydrogen) atoms. The molecule has 1 amide bonds. The van der Waals surface area contributed by atoms with Crippen molar-refractivity contribution in [3.63, 3.8) is 0 Å². The van der Waals surface area contributed by atoms with Crippen LogP contribution in [0.2, 0.25) is 0 Å². The highest BCUT2D eigenvalue weighted by Crippen LogP contribution is 2.25. The molecule has 2 heterocycles. The number of hydrogen-bond donors (Lipinski definition) is 2. The molecule has 2 N–H and O–H groups in total. The summed E-state index contributed by atoms with van der Waals surface area (Å²) in [6.07, 6.45) is 2.57. The Bertz CT molecular complexity index is 521. The van der Waals surface area contributed by atoms with Gasteiger partial charge in [0.15, 0.2) is 5.13 Å². The quantitative estimate of drug-likeness (QED) is 0.795. The Balaban J connectivity index is 2.33. The monoisotopic (exact) mass is 261 g/mol. The van der Waals surface area contributed by atoms with Crippen LogP contribution in [0.15, 0.2) is 0 Å². The molecule has 0 aliphatic carbocycles. The van der Waals surface area contributed by atoms with Crippen LogP contribution in [0, 0.1) is 0 Å². The van der Waals surface area contributed by atoms with E-state index in [1.54, 1.807) is 0 Å². The predicted molar refractivity (Wildman–Crippen MR) is 61.2 cm³/mol. The van der Waals surface area contributed by atoms with Crippen molar-refractivity contribution in [1.29, 1.82) is 0 Å². The smallest absolute Gasteiger partial charge is 0.263 e. The highest BCUT2D eigenvalue weighted by atomic mass is 32.2. The lowest BCUT2D eigenvalue weighted by molar-refractivity contribution is 0.0960. The van der Waals surface area contributed by atoms with E-state index in [1.807, 2.05) is 0 Å². The van der Waals surface area contributed by atoms with Crippen LogP contribution in [0.25, 0.3) is 0 Å². The van der Waals surface area contributed by atoms with E-state index in [9.17, 15) is 13.2 Å². The van der Waals surface area contributed by atoms with Gasteiger partial charge in [-0.05, 0) is 12.8 Å². The summed E-state index contributed by atoms with van der Waals surface area (Å²) in [5.74, 6) is -0.174. The second-order valence-corrected chi connectivity index (χ2v) is 6.28. The van der Waals surface area contributed by atoms with Crippen molar-refractivity contribution >= 4 is 32.4 Å². The number of aromatic nitrogens is 1. The van der Waals surface area contributed by atoms with Gasteiger partial charge in [0.25, 0.3) is 5.91 Å². The molecule has 0 saturated carbocycles. The molecule has 1 aromatic rings. The SMILES string of the molecule is CS(=O)(=O)Nc1nc2c(s1)C(=O)NCCC2. The third-order valence-electron chi connectivity index (χ3n) is 2.05. The number of anilines is 1. The van der Waals surface area contributed by atoms with E-state index in [0.29, 0.717) is 23.5 Å². The Morgan fingerprint density at radius 3 is 2.94 bits per heavy atom. The van der Waals surface area contributed by atoms with Gasteiger partial charge in [-0.15, -0.1) is 0 Å². The second-order valence-electron chi connectivity index (χ2n) is 3.53. The summed E-state index contributed by atoms with van der Waals surface area (Å²) in [4.78, 5) is 16.2. The normalized spacial score (nSPS) is 16.2. The van der Waals surface area contributed by atoms with Gasteiger partial charge in [-0.2, -0.15) is 0 Å². The van der Waals surface area contributed by atoms with E-state index in [2.05, 4.69) is 15.0 Å². The number of nitrogens with one attached hydrogen (secondary N) is 2. The number of aryl methyl sites for hydroxylation is 1. The van der Waals surface area contributed by atoms with Crippen molar-refractivity contribution in [1.82, 2.24) is 10.3 Å². The van der Waals surface area contributed by atoms with E-state index in [-0.39, 0.29) is 11.0 Å². The lowest BCUT2D eigenvalue weighted by Gasteiger charge is -1.98. The average molecular weight is 261 g/mol. The Morgan fingerprint density at radius 2 is 2.25 bits per heavy atom. The highest BCUT2D eigenvalue weighted by Gasteiger charge is 2.21. The van der Waals surface area contributed by atoms with Gasteiger partial charge in [0.2, 0.25) is 10.0 Å². The number of amides is 1. The summed E-state index contributed by atoms with van der Waals surface area (Å²) in [6, 6.07) is 0. The third kappa shape index (κ3) is 2.50. The largest absolute Gasteiger partial charge is 0.351 e. The van der Waals surface area contributed by atoms with E-state index in [0.717, 1.165) is 24.0 Å². The summed E-state index contributed by atoms with van der Waals surface area (Å²) in [5.41, 5.74) is 0.672. The maximum absolute atomic E-state index is 11.6. The minimum absolute atomic E-state index is 0.174. The highest BCUT2D eigenvalue weighted by molar-refractivity contribution is 7.92. The zero-order valence-corrected chi connectivity index (χ0v) is 10.2. The number of sulfonamides is 1. The topological polar surface area (TPSA) is 88.2 Å². The second kappa shape index (κ2) is 4.02. The molecule has 0 aromatic carbocycles. The average Bonchev–Trinajstić information content (AvgIpc) is 2.45. The zero-order valence-electron chi connectivity index (χ0n) is 8.61. The number of carbonyl (C=O) groups is 1. The van der Waals surface area contributed by atoms with Crippen molar-refractivity contribution in [3.8, 4) is 0 Å². The maximum atomic E-state index is 11.6. The maximum Gasteiger partial charge on any atom is 0.263 e. The van der Waals surface area contributed by atoms with E-state index < -0.39 is 10.0 Å². The third-order valence-corrected chi connectivity index (χ3v) is 3.76. The van der Waals surface area contributed by atoms with Gasteiger partial charge >= 0.3 is 0 Å². The lowest BCUT2D eigenvalue weighted by atomic mass is 10.2. The molecule has 0 saturated heterocycles. The summed E-state index contributed by atoms with van der Waals surface area (Å²) < 4.78 is 24.3. The van der Waals surface area contributed by atoms with Gasteiger partial charge in [-0.25, -0.2) is 13.4 Å². The minimum atomic E-state index is -3.34. The van der Waals surface area contributed by atoms with Crippen LogP contribution >= 0.6 is 11.3 Å². The van der Waals surface area contributed by atoms with Crippen LogP contribution in [0.4, 0.5) is 5.13 Å². The van der Waals surface area contributed by atoms with Gasteiger partial charge in [0, 0.05) is 6.54 Å². The molecule has 88 valence electrons. The number of rotatable bonds is 2. The fourth-order valence-corrected chi connectivity index (χ4v) is 3.20. The minimum Gasteiger partial charge on any atom is -0.351 e. The van der Waals surface area contributed by atoms with Crippen LogP contribution in [-0.4, -0.2) is 32.1 Å². The molecule has 1 aliphatic heterocycles. The molecule has 1 aliphatic rings. The van der Waals surface area contributed by atoms with Gasteiger partial charge in [0.1, 0.15) is 4.88 Å². The number of fused-ring (bicyclic) bond motifs is 1. The van der Waals surface area contributed by atoms with Crippen molar-refractivity contribution in [3.05, 3.63) is 10.6 Å². The first-order chi connectivity index (χ1) is 7.46. The lowest BCUT2D eigenvalue weighted by Crippen LogP contribution is -2.21. The van der Waals surface area contributed by atoms with Crippen molar-refractivity contribution < 1.29 is 13.2 Å². The Hall–Kier alpha value is -1.15. The van der Waals surface area contributed by atoms with Crippen molar-refractivity contribution in [2.75, 3.05) is 17.5 Å². The standard InChI is InChI=1S/C8H11N3O3S2/c1-16(13,14)11-8-10-5-3-2-4-9-7(12)6(5)15-8/h2-4H2,1H3,(H,9,12)(H,10,11). The molecule has 8 heteroatoms. The van der Waals surface area contributed by atoms with Crippen molar-refractivity contribution in [2.24, 2.45) is 0 Å². The van der Waals surface area contributed by atoms with E-state index >= 15 is 0 Å². The molecule has 0 unspecified atom stereocenters. The molecule has 0 atom stereocenters. The van der Waals surface area contributed by atoms with Crippen LogP contribution in [-0.2, 0) is 16.4 Å². The van der Waals surface area contributed by atoms with E-state index in [4.69, 9.17) is 0 Å². The molecule has 6 nitrogen and oxygen atoms in total. The van der Waals surface area contributed by atoms with Gasteiger partial charge < -0.3 is 5.32 Å². The van der Waals surface area contributed by atoms with Crippen LogP contribution < -0.4 is 10.0 Å². The Morgan fingerprint density at radius 1 is 1.50 bits per heavy atom. The summed E-state index contributed by atoms with van der Waals surface area (Å²) in [5, 5.41) is 2.99. The Kier molecular flexibility index (Phi) is 2.85. The first-order valence-corrected chi connectivity index (χ1v) is 7.42. The van der Waals surface area contributed by atoms with Gasteiger partial charge in [-0.3, -0.25) is 9.52 Å². The summed E-state index contributed by atoms with van der Waals surface area (Å²) >= 11 is 1.07. The zero-order chi connectivity index (χ0) is 11.8. The number of hydrogen-bond acceptors (Lipinski definition) is 5. The molecule has 0 spiro atoms. The number of carbonyl (C=O) groups excluding carboxylic acids is 1. The van der Waals surface area contributed by atoms with E-state index in [1.165, 1.54) is 0 Å². The first kappa shape index (κ1) is 11.3. The molecule has 1 aromatic heterocycles. The predicted octanol–water partition coefficient (Wildman–Crippen LogP) is 0.191. The molecular formula is C8H11N3O3S2. The number of thiazole rings is 1. The fourth-order valence-electron chi connectivity index (χ4n) is 1.44. The number of nitrogens with zero attached hydrogens (tertiary/aromatic N) is 1. The molecule has 0 radical (unpaired) electrons. The Labute approximate surface area is 97.1 Å². The molecule has 0 fully saturated rings. The molecular weight excluding hydrogens is 250 g/mol. The van der Waals surface area contributed by atoms with Crippen LogP contribution in [0.3, 0.4) is 0 Å². The van der Waals surface area contributed by atoms with Crippen molar-refractivity contribution in [2.45, 2.75) is 12.8 Å². The van der Waals surface area contributed by atoms with Gasteiger partial charge in [-0.1, -0.05) is 11.3 Å². The molecule has 0 bridgehead atoms. The summed E-state index contributed by atoms with van der Waals surface area (Å²) in [6.45, 7) is 0.636. The van der Waals surface area contributed by atoms with Gasteiger partial charge in [0.05, 0.1) is 11.9 Å². The first-order valence-electron chi connectivity index (χ1n) is 4.71. The molecule has 2 rings (SSSR count). The summed E-state index contributed by atoms with van der Waals surface area (Å²) in [7, 11) is -3.34.